The number of hydrogen-bond acceptors (Lipinski definition) is 3. The van der Waals surface area contributed by atoms with Gasteiger partial charge < -0.3 is 9.47 Å². The minimum Gasteiger partial charge on any atom is -0.346 e. The van der Waals surface area contributed by atoms with Crippen LogP contribution in [0.2, 0.25) is 0 Å². The van der Waals surface area contributed by atoms with Crippen LogP contribution < -0.4 is 0 Å². The molecule has 1 aliphatic rings. The van der Waals surface area contributed by atoms with Crippen molar-refractivity contribution in [2.45, 2.75) is 13.2 Å². The van der Waals surface area contributed by atoms with Crippen LogP contribution >= 0.6 is 0 Å². The molecule has 0 aliphatic carbocycles. The summed E-state index contributed by atoms with van der Waals surface area (Å²) in [5, 5.41) is 0. The SMILES string of the molecule is C=C/C(=C(C=O)\C=C/C)C1OCCO1. The van der Waals surface area contributed by atoms with E-state index in [2.05, 4.69) is 6.58 Å². The smallest absolute Gasteiger partial charge is 0.184 e. The van der Waals surface area contributed by atoms with E-state index in [0.29, 0.717) is 24.4 Å². The largest absolute Gasteiger partial charge is 0.346 e. The molecule has 0 radical (unpaired) electrons. The number of ether oxygens (including phenoxy) is 2. The number of carbonyl (C=O) groups excluding carboxylic acids is 1. The van der Waals surface area contributed by atoms with E-state index in [0.717, 1.165) is 6.29 Å². The third-order valence-electron chi connectivity index (χ3n) is 1.90. The van der Waals surface area contributed by atoms with Crippen molar-refractivity contribution in [1.29, 1.82) is 0 Å². The fourth-order valence-electron chi connectivity index (χ4n) is 1.27. The average molecular weight is 194 g/mol. The van der Waals surface area contributed by atoms with Crippen molar-refractivity contribution in [3.63, 3.8) is 0 Å². The van der Waals surface area contributed by atoms with Crippen LogP contribution in [0, 0.1) is 0 Å². The fourth-order valence-corrected chi connectivity index (χ4v) is 1.27. The zero-order chi connectivity index (χ0) is 10.4. The van der Waals surface area contributed by atoms with Crippen LogP contribution in [0.5, 0.6) is 0 Å². The van der Waals surface area contributed by atoms with Crippen molar-refractivity contribution >= 4 is 6.29 Å². The Morgan fingerprint density at radius 3 is 2.50 bits per heavy atom. The molecule has 14 heavy (non-hydrogen) atoms. The molecule has 1 fully saturated rings. The van der Waals surface area contributed by atoms with Crippen LogP contribution in [0.25, 0.3) is 0 Å². The molecule has 3 nitrogen and oxygen atoms in total. The molecule has 0 bridgehead atoms. The van der Waals surface area contributed by atoms with Gasteiger partial charge in [-0.05, 0) is 6.92 Å². The number of hydrogen-bond donors (Lipinski definition) is 0. The first-order valence-electron chi connectivity index (χ1n) is 4.51. The van der Waals surface area contributed by atoms with Crippen LogP contribution in [0.1, 0.15) is 6.92 Å². The molecule has 1 aliphatic heterocycles. The standard InChI is InChI=1S/C11H14O3/c1-3-5-9(8-12)10(4-2)11-13-6-7-14-11/h3-5,8,11H,2,6-7H2,1H3/b5-3-,10-9-. The van der Waals surface area contributed by atoms with Gasteiger partial charge in [-0.1, -0.05) is 24.8 Å². The quantitative estimate of drug-likeness (QED) is 0.387. The second-order valence-electron chi connectivity index (χ2n) is 2.81. The zero-order valence-electron chi connectivity index (χ0n) is 8.23. The Balaban J connectivity index is 2.94. The summed E-state index contributed by atoms with van der Waals surface area (Å²) in [5.41, 5.74) is 1.24. The minimum absolute atomic E-state index is 0.441. The molecule has 1 rings (SSSR count). The molecule has 1 heterocycles. The Morgan fingerprint density at radius 2 is 2.07 bits per heavy atom. The molecular weight excluding hydrogens is 180 g/mol. The van der Waals surface area contributed by atoms with E-state index in [1.54, 1.807) is 18.2 Å². The first kappa shape index (κ1) is 10.9. The van der Waals surface area contributed by atoms with Crippen LogP contribution in [0.15, 0.2) is 36.0 Å². The summed E-state index contributed by atoms with van der Waals surface area (Å²) in [6, 6.07) is 0. The van der Waals surface area contributed by atoms with Gasteiger partial charge in [-0.25, -0.2) is 0 Å². The van der Waals surface area contributed by atoms with Crippen LogP contribution in [0.3, 0.4) is 0 Å². The number of rotatable bonds is 4. The summed E-state index contributed by atoms with van der Waals surface area (Å²) < 4.78 is 10.6. The van der Waals surface area contributed by atoms with Gasteiger partial charge in [-0.15, -0.1) is 0 Å². The fraction of sp³-hybridized carbons (Fsp3) is 0.364. The van der Waals surface area contributed by atoms with E-state index in [1.807, 2.05) is 6.92 Å². The van der Waals surface area contributed by atoms with Crippen LogP contribution in [-0.2, 0) is 14.3 Å². The van der Waals surface area contributed by atoms with Gasteiger partial charge in [0.1, 0.15) is 0 Å². The van der Waals surface area contributed by atoms with Gasteiger partial charge in [-0.3, -0.25) is 4.79 Å². The van der Waals surface area contributed by atoms with E-state index in [4.69, 9.17) is 9.47 Å². The van der Waals surface area contributed by atoms with Crippen molar-refractivity contribution in [2.24, 2.45) is 0 Å². The first-order chi connectivity index (χ1) is 6.83. The molecule has 0 aromatic rings. The highest BCUT2D eigenvalue weighted by atomic mass is 16.7. The second-order valence-corrected chi connectivity index (χ2v) is 2.81. The number of carbonyl (C=O) groups is 1. The summed E-state index contributed by atoms with van der Waals surface area (Å²) >= 11 is 0. The molecule has 0 aromatic carbocycles. The molecule has 1 saturated heterocycles. The Kier molecular flexibility index (Phi) is 4.29. The topological polar surface area (TPSA) is 35.5 Å². The molecule has 76 valence electrons. The third kappa shape index (κ3) is 2.40. The molecule has 3 heteroatoms. The molecule has 0 unspecified atom stereocenters. The van der Waals surface area contributed by atoms with Crippen LogP contribution in [0.4, 0.5) is 0 Å². The number of aldehydes is 1. The first-order valence-corrected chi connectivity index (χ1v) is 4.51. The van der Waals surface area contributed by atoms with Crippen molar-refractivity contribution in [3.05, 3.63) is 36.0 Å². The molecule has 0 saturated carbocycles. The maximum Gasteiger partial charge on any atom is 0.184 e. The Morgan fingerprint density at radius 1 is 1.43 bits per heavy atom. The van der Waals surface area contributed by atoms with E-state index in [1.165, 1.54) is 0 Å². The lowest BCUT2D eigenvalue weighted by molar-refractivity contribution is -0.104. The predicted molar refractivity (Wildman–Crippen MR) is 53.8 cm³/mol. The summed E-state index contributed by atoms with van der Waals surface area (Å²) in [6.45, 7) is 6.61. The number of allylic oxidation sites excluding steroid dienone is 3. The predicted octanol–water partition coefficient (Wildman–Crippen LogP) is 1.62. The minimum atomic E-state index is -0.441. The highest BCUT2D eigenvalue weighted by Crippen LogP contribution is 2.18. The summed E-state index contributed by atoms with van der Waals surface area (Å²) in [6.07, 6.45) is 5.45. The highest BCUT2D eigenvalue weighted by Gasteiger charge is 2.20. The van der Waals surface area contributed by atoms with Gasteiger partial charge in [0.2, 0.25) is 0 Å². The lowest BCUT2D eigenvalue weighted by atomic mass is 10.1. The zero-order valence-corrected chi connectivity index (χ0v) is 8.23. The van der Waals surface area contributed by atoms with E-state index < -0.39 is 6.29 Å². The lowest BCUT2D eigenvalue weighted by Crippen LogP contribution is -2.12. The molecule has 0 atom stereocenters. The van der Waals surface area contributed by atoms with Crippen molar-refractivity contribution in [1.82, 2.24) is 0 Å². The van der Waals surface area contributed by atoms with Gasteiger partial charge >= 0.3 is 0 Å². The Bertz CT molecular complexity index is 270. The molecule has 0 aromatic heterocycles. The van der Waals surface area contributed by atoms with Crippen molar-refractivity contribution in [2.75, 3.05) is 13.2 Å². The van der Waals surface area contributed by atoms with Crippen molar-refractivity contribution < 1.29 is 14.3 Å². The van der Waals surface area contributed by atoms with E-state index in [9.17, 15) is 4.79 Å². The van der Waals surface area contributed by atoms with E-state index >= 15 is 0 Å². The van der Waals surface area contributed by atoms with Gasteiger partial charge in [0.25, 0.3) is 0 Å². The second kappa shape index (κ2) is 5.52. The average Bonchev–Trinajstić information content (AvgIpc) is 2.71. The van der Waals surface area contributed by atoms with Crippen LogP contribution in [-0.4, -0.2) is 25.8 Å². The monoisotopic (exact) mass is 194 g/mol. The molecule has 0 amide bonds. The van der Waals surface area contributed by atoms with Gasteiger partial charge in [-0.2, -0.15) is 0 Å². The molecule has 0 spiro atoms. The third-order valence-corrected chi connectivity index (χ3v) is 1.90. The Hall–Kier alpha value is -1.19. The van der Waals surface area contributed by atoms with Gasteiger partial charge in [0.15, 0.2) is 12.6 Å². The molecule has 0 N–H and O–H groups in total. The molecular formula is C11H14O3. The Labute approximate surface area is 83.7 Å². The highest BCUT2D eigenvalue weighted by molar-refractivity contribution is 5.80. The summed E-state index contributed by atoms with van der Waals surface area (Å²) in [7, 11) is 0. The normalized spacial score (nSPS) is 19.8. The maximum atomic E-state index is 10.8. The lowest BCUT2D eigenvalue weighted by Gasteiger charge is -2.11. The maximum absolute atomic E-state index is 10.8. The van der Waals surface area contributed by atoms with Gasteiger partial charge in [0.05, 0.1) is 13.2 Å². The summed E-state index contributed by atoms with van der Waals surface area (Å²) in [4.78, 5) is 10.8. The van der Waals surface area contributed by atoms with E-state index in [-0.39, 0.29) is 0 Å². The summed E-state index contributed by atoms with van der Waals surface area (Å²) in [5.74, 6) is 0. The van der Waals surface area contributed by atoms with Gasteiger partial charge in [0, 0.05) is 11.1 Å². The van der Waals surface area contributed by atoms with Crippen molar-refractivity contribution in [3.8, 4) is 0 Å².